The SMILES string of the molecule is CC(=O)Nc1ccc(CN[C@@H]2C=C[C@H](CO)C2)cc1. The first-order valence-corrected chi connectivity index (χ1v) is 6.56. The lowest BCUT2D eigenvalue weighted by atomic mass is 10.1. The second kappa shape index (κ2) is 6.50. The van der Waals surface area contributed by atoms with E-state index in [0.717, 1.165) is 18.7 Å². The maximum Gasteiger partial charge on any atom is 0.221 e. The molecule has 0 heterocycles. The minimum Gasteiger partial charge on any atom is -0.396 e. The predicted molar refractivity (Wildman–Crippen MR) is 75.7 cm³/mol. The van der Waals surface area contributed by atoms with Crippen molar-refractivity contribution < 1.29 is 9.90 Å². The first-order chi connectivity index (χ1) is 9.17. The van der Waals surface area contributed by atoms with Crippen LogP contribution in [0.25, 0.3) is 0 Å². The first kappa shape index (κ1) is 13.8. The van der Waals surface area contributed by atoms with Crippen molar-refractivity contribution in [2.75, 3.05) is 11.9 Å². The van der Waals surface area contributed by atoms with Crippen molar-refractivity contribution in [1.82, 2.24) is 5.32 Å². The average Bonchev–Trinajstić information content (AvgIpc) is 2.85. The molecule has 0 saturated carbocycles. The van der Waals surface area contributed by atoms with Gasteiger partial charge in [-0.05, 0) is 24.1 Å². The van der Waals surface area contributed by atoms with Gasteiger partial charge in [-0.1, -0.05) is 24.3 Å². The number of nitrogens with one attached hydrogen (secondary N) is 2. The number of benzene rings is 1. The number of hydrogen-bond donors (Lipinski definition) is 3. The Kier molecular flexibility index (Phi) is 4.71. The zero-order valence-electron chi connectivity index (χ0n) is 11.1. The summed E-state index contributed by atoms with van der Waals surface area (Å²) in [6, 6.07) is 8.15. The third-order valence-electron chi connectivity index (χ3n) is 3.25. The number of aliphatic hydroxyl groups excluding tert-OH is 1. The third kappa shape index (κ3) is 4.19. The van der Waals surface area contributed by atoms with Crippen molar-refractivity contribution in [3.05, 3.63) is 42.0 Å². The minimum atomic E-state index is -0.0583. The highest BCUT2D eigenvalue weighted by Gasteiger charge is 2.17. The molecule has 0 bridgehead atoms. The monoisotopic (exact) mass is 260 g/mol. The van der Waals surface area contributed by atoms with E-state index in [1.54, 1.807) is 0 Å². The molecule has 0 aliphatic heterocycles. The second-order valence-corrected chi connectivity index (χ2v) is 4.93. The summed E-state index contributed by atoms with van der Waals surface area (Å²) >= 11 is 0. The Morgan fingerprint density at radius 3 is 2.63 bits per heavy atom. The number of carbonyl (C=O) groups excluding carboxylic acids is 1. The quantitative estimate of drug-likeness (QED) is 0.706. The van der Waals surface area contributed by atoms with E-state index in [2.05, 4.69) is 22.8 Å². The lowest BCUT2D eigenvalue weighted by Crippen LogP contribution is -2.26. The normalized spacial score (nSPS) is 21.6. The van der Waals surface area contributed by atoms with Crippen LogP contribution in [0.1, 0.15) is 18.9 Å². The molecule has 0 aromatic heterocycles. The highest BCUT2D eigenvalue weighted by atomic mass is 16.3. The van der Waals surface area contributed by atoms with Crippen LogP contribution in [0.3, 0.4) is 0 Å². The summed E-state index contributed by atoms with van der Waals surface area (Å²) in [4.78, 5) is 10.9. The Labute approximate surface area is 113 Å². The molecule has 0 radical (unpaired) electrons. The summed E-state index contributed by atoms with van der Waals surface area (Å²) < 4.78 is 0. The van der Waals surface area contributed by atoms with Crippen molar-refractivity contribution in [2.24, 2.45) is 5.92 Å². The zero-order chi connectivity index (χ0) is 13.7. The molecule has 4 heteroatoms. The fourth-order valence-electron chi connectivity index (χ4n) is 2.22. The molecule has 0 saturated heterocycles. The minimum absolute atomic E-state index is 0.0583. The van der Waals surface area contributed by atoms with Gasteiger partial charge in [-0.25, -0.2) is 0 Å². The molecule has 0 fully saturated rings. The highest BCUT2D eigenvalue weighted by Crippen LogP contribution is 2.17. The van der Waals surface area contributed by atoms with Gasteiger partial charge in [0.2, 0.25) is 5.91 Å². The van der Waals surface area contributed by atoms with E-state index >= 15 is 0 Å². The fourth-order valence-corrected chi connectivity index (χ4v) is 2.22. The molecular formula is C15H20N2O2. The van der Waals surface area contributed by atoms with E-state index in [4.69, 9.17) is 5.11 Å². The van der Waals surface area contributed by atoms with E-state index in [9.17, 15) is 4.79 Å². The van der Waals surface area contributed by atoms with Gasteiger partial charge >= 0.3 is 0 Å². The molecule has 1 aliphatic carbocycles. The van der Waals surface area contributed by atoms with E-state index in [0.29, 0.717) is 12.0 Å². The lowest BCUT2D eigenvalue weighted by molar-refractivity contribution is -0.114. The molecule has 0 spiro atoms. The van der Waals surface area contributed by atoms with Gasteiger partial charge < -0.3 is 15.7 Å². The van der Waals surface area contributed by atoms with Gasteiger partial charge in [0, 0.05) is 37.7 Å². The van der Waals surface area contributed by atoms with Crippen LogP contribution in [-0.4, -0.2) is 23.7 Å². The van der Waals surface area contributed by atoms with Gasteiger partial charge in [0.05, 0.1) is 0 Å². The Bertz CT molecular complexity index is 454. The molecule has 2 rings (SSSR count). The van der Waals surface area contributed by atoms with E-state index < -0.39 is 0 Å². The summed E-state index contributed by atoms with van der Waals surface area (Å²) in [5.41, 5.74) is 1.99. The highest BCUT2D eigenvalue weighted by molar-refractivity contribution is 5.88. The molecule has 102 valence electrons. The molecule has 1 aliphatic rings. The maximum absolute atomic E-state index is 10.9. The van der Waals surface area contributed by atoms with Crippen molar-refractivity contribution in [3.63, 3.8) is 0 Å². The van der Waals surface area contributed by atoms with Crippen LogP contribution in [0.5, 0.6) is 0 Å². The standard InChI is InChI=1S/C15H20N2O2/c1-11(19)17-14-5-2-12(3-6-14)9-16-15-7-4-13(8-15)10-18/h2-7,13,15-16,18H,8-10H2,1H3,(H,17,19)/t13-,15+/m0/s1. The van der Waals surface area contributed by atoms with Crippen LogP contribution in [-0.2, 0) is 11.3 Å². The van der Waals surface area contributed by atoms with Gasteiger partial charge in [0.1, 0.15) is 0 Å². The van der Waals surface area contributed by atoms with Gasteiger partial charge in [0.25, 0.3) is 0 Å². The first-order valence-electron chi connectivity index (χ1n) is 6.56. The number of hydrogen-bond acceptors (Lipinski definition) is 3. The van der Waals surface area contributed by atoms with Gasteiger partial charge in [-0.15, -0.1) is 0 Å². The summed E-state index contributed by atoms with van der Waals surface area (Å²) in [5.74, 6) is 0.233. The molecule has 4 nitrogen and oxygen atoms in total. The maximum atomic E-state index is 10.9. The van der Waals surface area contributed by atoms with E-state index in [-0.39, 0.29) is 12.5 Å². The van der Waals surface area contributed by atoms with Crippen LogP contribution in [0.2, 0.25) is 0 Å². The Morgan fingerprint density at radius 2 is 2.05 bits per heavy atom. The Morgan fingerprint density at radius 1 is 1.32 bits per heavy atom. The molecular weight excluding hydrogens is 240 g/mol. The predicted octanol–water partition coefficient (Wildman–Crippen LogP) is 1.67. The third-order valence-corrected chi connectivity index (χ3v) is 3.25. The van der Waals surface area contributed by atoms with Crippen molar-refractivity contribution in [2.45, 2.75) is 25.9 Å². The molecule has 3 N–H and O–H groups in total. The lowest BCUT2D eigenvalue weighted by Gasteiger charge is -2.13. The molecule has 1 amide bonds. The number of amides is 1. The van der Waals surface area contributed by atoms with Crippen LogP contribution in [0.4, 0.5) is 5.69 Å². The molecule has 0 unspecified atom stereocenters. The van der Waals surface area contributed by atoms with E-state index in [1.165, 1.54) is 12.5 Å². The van der Waals surface area contributed by atoms with Crippen LogP contribution in [0.15, 0.2) is 36.4 Å². The van der Waals surface area contributed by atoms with Gasteiger partial charge in [0.15, 0.2) is 0 Å². The Hall–Kier alpha value is -1.65. The van der Waals surface area contributed by atoms with Gasteiger partial charge in [-0.3, -0.25) is 4.79 Å². The van der Waals surface area contributed by atoms with Crippen molar-refractivity contribution in [3.8, 4) is 0 Å². The summed E-state index contributed by atoms with van der Waals surface area (Å²) in [7, 11) is 0. The molecule has 1 aromatic rings. The number of carbonyl (C=O) groups is 1. The fraction of sp³-hybridized carbons (Fsp3) is 0.400. The average molecular weight is 260 g/mol. The number of aliphatic hydroxyl groups is 1. The summed E-state index contributed by atoms with van der Waals surface area (Å²) in [6.45, 7) is 2.51. The largest absolute Gasteiger partial charge is 0.396 e. The molecule has 2 atom stereocenters. The van der Waals surface area contributed by atoms with Crippen molar-refractivity contribution >= 4 is 11.6 Å². The summed E-state index contributed by atoms with van der Waals surface area (Å²) in [6.07, 6.45) is 5.14. The topological polar surface area (TPSA) is 61.4 Å². The molecule has 19 heavy (non-hydrogen) atoms. The van der Waals surface area contributed by atoms with Crippen LogP contribution in [0, 0.1) is 5.92 Å². The number of rotatable bonds is 5. The summed E-state index contributed by atoms with van der Waals surface area (Å²) in [5, 5.41) is 15.2. The van der Waals surface area contributed by atoms with E-state index in [1.807, 2.05) is 24.3 Å². The zero-order valence-corrected chi connectivity index (χ0v) is 11.1. The molecule has 1 aromatic carbocycles. The van der Waals surface area contributed by atoms with Gasteiger partial charge in [-0.2, -0.15) is 0 Å². The Balaban J connectivity index is 1.80. The second-order valence-electron chi connectivity index (χ2n) is 4.93. The van der Waals surface area contributed by atoms with Crippen molar-refractivity contribution in [1.29, 1.82) is 0 Å². The smallest absolute Gasteiger partial charge is 0.221 e. The van der Waals surface area contributed by atoms with Crippen LogP contribution < -0.4 is 10.6 Å². The number of anilines is 1. The van der Waals surface area contributed by atoms with Crippen LogP contribution >= 0.6 is 0 Å².